The molecule has 30 heavy (non-hydrogen) atoms. The SMILES string of the molecule is Cn1c(=O)cc(C(=O)NCc2cccc(COCc3ccco3)c2)c2ccccc21. The Kier molecular flexibility index (Phi) is 5.77. The lowest BCUT2D eigenvalue weighted by Crippen LogP contribution is -2.26. The second kappa shape index (κ2) is 8.80. The van der Waals surface area contributed by atoms with Crippen molar-refractivity contribution in [3.63, 3.8) is 0 Å². The smallest absolute Gasteiger partial charge is 0.252 e. The van der Waals surface area contributed by atoms with Crippen LogP contribution in [-0.2, 0) is 31.5 Å². The van der Waals surface area contributed by atoms with Gasteiger partial charge < -0.3 is 19.0 Å². The van der Waals surface area contributed by atoms with E-state index < -0.39 is 0 Å². The van der Waals surface area contributed by atoms with Crippen LogP contribution in [0, 0.1) is 0 Å². The Balaban J connectivity index is 1.42. The summed E-state index contributed by atoms with van der Waals surface area (Å²) in [5.41, 5.74) is 2.86. The van der Waals surface area contributed by atoms with Gasteiger partial charge in [-0.3, -0.25) is 9.59 Å². The van der Waals surface area contributed by atoms with Gasteiger partial charge in [-0.1, -0.05) is 42.5 Å². The number of ether oxygens (including phenoxy) is 1. The normalized spacial score (nSPS) is 11.0. The molecule has 0 atom stereocenters. The summed E-state index contributed by atoms with van der Waals surface area (Å²) in [6.45, 7) is 1.21. The van der Waals surface area contributed by atoms with E-state index in [1.165, 1.54) is 10.6 Å². The molecule has 6 nitrogen and oxygen atoms in total. The summed E-state index contributed by atoms with van der Waals surface area (Å²) in [7, 11) is 1.70. The van der Waals surface area contributed by atoms with Crippen LogP contribution in [0.25, 0.3) is 10.9 Å². The standard InChI is InChI=1S/C24H22N2O4/c1-26-22-10-3-2-9-20(22)21(13-23(26)27)24(28)25-14-17-6-4-7-18(12-17)15-29-16-19-8-5-11-30-19/h2-13H,14-16H2,1H3,(H,25,28). The fourth-order valence-corrected chi connectivity index (χ4v) is 3.37. The number of nitrogens with one attached hydrogen (secondary N) is 1. The van der Waals surface area contributed by atoms with Crippen LogP contribution in [0.5, 0.6) is 0 Å². The van der Waals surface area contributed by atoms with E-state index in [0.717, 1.165) is 27.8 Å². The number of aryl methyl sites for hydroxylation is 1. The lowest BCUT2D eigenvalue weighted by molar-refractivity contribution is 0.0928. The van der Waals surface area contributed by atoms with E-state index >= 15 is 0 Å². The van der Waals surface area contributed by atoms with Gasteiger partial charge >= 0.3 is 0 Å². The Hall–Kier alpha value is -3.64. The van der Waals surface area contributed by atoms with Crippen molar-refractivity contribution in [3.05, 3.63) is 106 Å². The quantitative estimate of drug-likeness (QED) is 0.511. The summed E-state index contributed by atoms with van der Waals surface area (Å²) in [5.74, 6) is 0.503. The highest BCUT2D eigenvalue weighted by Gasteiger charge is 2.13. The lowest BCUT2D eigenvalue weighted by Gasteiger charge is -2.11. The van der Waals surface area contributed by atoms with Gasteiger partial charge in [0, 0.05) is 25.0 Å². The van der Waals surface area contributed by atoms with Crippen molar-refractivity contribution >= 4 is 16.8 Å². The van der Waals surface area contributed by atoms with E-state index in [9.17, 15) is 9.59 Å². The molecule has 0 aliphatic rings. The summed E-state index contributed by atoms with van der Waals surface area (Å²) in [6, 6.07) is 20.3. The third-order valence-corrected chi connectivity index (χ3v) is 4.94. The minimum absolute atomic E-state index is 0.213. The van der Waals surface area contributed by atoms with Crippen LogP contribution in [0.4, 0.5) is 0 Å². The van der Waals surface area contributed by atoms with Gasteiger partial charge in [0.05, 0.1) is 24.0 Å². The maximum atomic E-state index is 12.8. The maximum absolute atomic E-state index is 12.8. The molecule has 0 fully saturated rings. The predicted molar refractivity (Wildman–Crippen MR) is 114 cm³/mol. The molecule has 4 rings (SSSR count). The van der Waals surface area contributed by atoms with Crippen molar-refractivity contribution in [2.45, 2.75) is 19.8 Å². The Morgan fingerprint density at radius 2 is 1.83 bits per heavy atom. The van der Waals surface area contributed by atoms with Gasteiger partial charge in [0.1, 0.15) is 12.4 Å². The third-order valence-electron chi connectivity index (χ3n) is 4.94. The Morgan fingerprint density at radius 3 is 2.67 bits per heavy atom. The molecule has 2 aromatic heterocycles. The number of hydrogen-bond acceptors (Lipinski definition) is 4. The van der Waals surface area contributed by atoms with E-state index in [4.69, 9.17) is 9.15 Å². The molecule has 0 saturated heterocycles. The van der Waals surface area contributed by atoms with Gasteiger partial charge in [-0.2, -0.15) is 0 Å². The minimum Gasteiger partial charge on any atom is -0.467 e. The first-order valence-corrected chi connectivity index (χ1v) is 9.67. The van der Waals surface area contributed by atoms with E-state index in [0.29, 0.717) is 25.3 Å². The molecule has 1 amide bonds. The van der Waals surface area contributed by atoms with E-state index in [2.05, 4.69) is 5.32 Å². The molecule has 0 aliphatic carbocycles. The minimum atomic E-state index is -0.275. The number of aromatic nitrogens is 1. The summed E-state index contributed by atoms with van der Waals surface area (Å²) in [6.07, 6.45) is 1.62. The van der Waals surface area contributed by atoms with Crippen molar-refractivity contribution in [1.29, 1.82) is 0 Å². The molecule has 2 heterocycles. The van der Waals surface area contributed by atoms with Gasteiger partial charge in [0.25, 0.3) is 11.5 Å². The third kappa shape index (κ3) is 4.34. The molecular formula is C24H22N2O4. The topological polar surface area (TPSA) is 73.5 Å². The molecule has 0 saturated carbocycles. The average Bonchev–Trinajstić information content (AvgIpc) is 3.28. The number of para-hydroxylation sites is 1. The zero-order valence-corrected chi connectivity index (χ0v) is 16.6. The van der Waals surface area contributed by atoms with Crippen LogP contribution in [0.2, 0.25) is 0 Å². The highest BCUT2D eigenvalue weighted by Crippen LogP contribution is 2.16. The van der Waals surface area contributed by atoms with Crippen LogP contribution in [0.15, 0.2) is 82.2 Å². The monoisotopic (exact) mass is 402 g/mol. The Bertz CT molecular complexity index is 1230. The zero-order valence-electron chi connectivity index (χ0n) is 16.6. The molecule has 1 N–H and O–H groups in total. The van der Waals surface area contributed by atoms with Crippen LogP contribution < -0.4 is 10.9 Å². The van der Waals surface area contributed by atoms with Crippen molar-refractivity contribution < 1.29 is 13.9 Å². The second-order valence-corrected chi connectivity index (χ2v) is 7.05. The molecule has 0 aliphatic heterocycles. The first-order chi connectivity index (χ1) is 14.6. The largest absolute Gasteiger partial charge is 0.467 e. The lowest BCUT2D eigenvalue weighted by atomic mass is 10.1. The molecule has 2 aromatic carbocycles. The summed E-state index contributed by atoms with van der Waals surface area (Å²) < 4.78 is 12.5. The summed E-state index contributed by atoms with van der Waals surface area (Å²) in [4.78, 5) is 25.0. The summed E-state index contributed by atoms with van der Waals surface area (Å²) >= 11 is 0. The van der Waals surface area contributed by atoms with Crippen LogP contribution in [0.3, 0.4) is 0 Å². The zero-order chi connectivity index (χ0) is 20.9. The molecule has 4 aromatic rings. The number of nitrogens with zero attached hydrogens (tertiary/aromatic N) is 1. The van der Waals surface area contributed by atoms with Gasteiger partial charge in [-0.15, -0.1) is 0 Å². The number of fused-ring (bicyclic) bond motifs is 1. The van der Waals surface area contributed by atoms with Crippen LogP contribution in [0.1, 0.15) is 27.2 Å². The molecule has 0 bridgehead atoms. The van der Waals surface area contributed by atoms with E-state index in [-0.39, 0.29) is 11.5 Å². The van der Waals surface area contributed by atoms with Gasteiger partial charge in [0.15, 0.2) is 0 Å². The van der Waals surface area contributed by atoms with Crippen LogP contribution in [-0.4, -0.2) is 10.5 Å². The number of carbonyl (C=O) groups is 1. The van der Waals surface area contributed by atoms with E-state index in [1.807, 2.05) is 60.7 Å². The first-order valence-electron chi connectivity index (χ1n) is 9.67. The maximum Gasteiger partial charge on any atom is 0.252 e. The highest BCUT2D eigenvalue weighted by molar-refractivity contribution is 6.06. The van der Waals surface area contributed by atoms with E-state index in [1.54, 1.807) is 13.3 Å². The number of carbonyl (C=O) groups excluding carboxylic acids is 1. The predicted octanol–water partition coefficient (Wildman–Crippen LogP) is 3.78. The van der Waals surface area contributed by atoms with Gasteiger partial charge in [0.2, 0.25) is 0 Å². The Labute approximate surface area is 173 Å². The molecule has 6 heteroatoms. The van der Waals surface area contributed by atoms with Crippen LogP contribution >= 0.6 is 0 Å². The number of hydrogen-bond donors (Lipinski definition) is 1. The van der Waals surface area contributed by atoms with Crippen molar-refractivity contribution in [1.82, 2.24) is 9.88 Å². The number of furan rings is 1. The number of benzene rings is 2. The first kappa shape index (κ1) is 19.7. The van der Waals surface area contributed by atoms with Crippen molar-refractivity contribution in [2.24, 2.45) is 7.05 Å². The molecule has 0 radical (unpaired) electrons. The van der Waals surface area contributed by atoms with Gasteiger partial charge in [-0.05, 0) is 29.3 Å². The molecule has 0 spiro atoms. The average molecular weight is 402 g/mol. The molecule has 0 unspecified atom stereocenters. The van der Waals surface area contributed by atoms with Crippen molar-refractivity contribution in [2.75, 3.05) is 0 Å². The Morgan fingerprint density at radius 1 is 1.00 bits per heavy atom. The second-order valence-electron chi connectivity index (χ2n) is 7.05. The number of amides is 1. The van der Waals surface area contributed by atoms with Crippen molar-refractivity contribution in [3.8, 4) is 0 Å². The number of rotatable bonds is 7. The number of pyridine rings is 1. The molecular weight excluding hydrogens is 380 g/mol. The summed E-state index contributed by atoms with van der Waals surface area (Å²) in [5, 5.41) is 3.66. The fourth-order valence-electron chi connectivity index (χ4n) is 3.37. The van der Waals surface area contributed by atoms with Gasteiger partial charge in [-0.25, -0.2) is 0 Å². The molecule has 152 valence electrons. The fraction of sp³-hybridized carbons (Fsp3) is 0.167. The highest BCUT2D eigenvalue weighted by atomic mass is 16.5.